The number of benzene rings is 2. The standard InChI is InChI=1S/C18H20BrN3O/c19-14-7-5-13(6-8-14)9-11-21-18(20)22-16-10-12-23-17-4-2-1-3-15(16)17/h1-8,16H,9-12H2,(H3,20,21,22). The smallest absolute Gasteiger partial charge is 0.189 e. The van der Waals surface area contributed by atoms with Gasteiger partial charge in [0.15, 0.2) is 5.96 Å². The second-order valence-electron chi connectivity index (χ2n) is 5.52. The molecule has 0 aliphatic carbocycles. The molecule has 0 spiro atoms. The lowest BCUT2D eigenvalue weighted by atomic mass is 10.0. The molecule has 120 valence electrons. The molecule has 3 rings (SSSR count). The van der Waals surface area contributed by atoms with Crippen LogP contribution in [0.4, 0.5) is 0 Å². The van der Waals surface area contributed by atoms with E-state index in [0.29, 0.717) is 19.1 Å². The lowest BCUT2D eigenvalue weighted by molar-refractivity contribution is 0.262. The Kier molecular flexibility index (Phi) is 5.18. The number of hydrogen-bond acceptors (Lipinski definition) is 2. The van der Waals surface area contributed by atoms with Crippen LogP contribution in [-0.2, 0) is 6.42 Å². The molecule has 23 heavy (non-hydrogen) atoms. The maximum absolute atomic E-state index is 6.04. The van der Waals surface area contributed by atoms with Crippen LogP contribution in [0.25, 0.3) is 0 Å². The van der Waals surface area contributed by atoms with Crippen LogP contribution in [0.5, 0.6) is 5.75 Å². The summed E-state index contributed by atoms with van der Waals surface area (Å²) < 4.78 is 6.75. The van der Waals surface area contributed by atoms with Crippen molar-refractivity contribution in [3.8, 4) is 5.75 Å². The number of ether oxygens (including phenoxy) is 1. The van der Waals surface area contributed by atoms with Crippen molar-refractivity contribution in [3.63, 3.8) is 0 Å². The number of nitrogens with one attached hydrogen (secondary N) is 1. The molecule has 0 saturated carbocycles. The molecule has 0 amide bonds. The Morgan fingerprint density at radius 1 is 1.22 bits per heavy atom. The van der Waals surface area contributed by atoms with Crippen molar-refractivity contribution in [1.82, 2.24) is 5.32 Å². The van der Waals surface area contributed by atoms with Crippen molar-refractivity contribution in [2.75, 3.05) is 13.2 Å². The summed E-state index contributed by atoms with van der Waals surface area (Å²) in [5.74, 6) is 1.42. The molecule has 5 heteroatoms. The molecule has 2 aromatic carbocycles. The zero-order valence-corrected chi connectivity index (χ0v) is 14.4. The second-order valence-corrected chi connectivity index (χ2v) is 6.43. The predicted octanol–water partition coefficient (Wildman–Crippen LogP) is 3.42. The molecule has 1 heterocycles. The fourth-order valence-electron chi connectivity index (χ4n) is 2.67. The van der Waals surface area contributed by atoms with Crippen molar-refractivity contribution in [2.45, 2.75) is 18.9 Å². The van der Waals surface area contributed by atoms with Gasteiger partial charge in [-0.3, -0.25) is 4.99 Å². The van der Waals surface area contributed by atoms with Gasteiger partial charge in [0.2, 0.25) is 0 Å². The van der Waals surface area contributed by atoms with Gasteiger partial charge in [0, 0.05) is 23.0 Å². The average molecular weight is 374 g/mol. The molecule has 0 fully saturated rings. The van der Waals surface area contributed by atoms with E-state index in [1.54, 1.807) is 0 Å². The van der Waals surface area contributed by atoms with Gasteiger partial charge >= 0.3 is 0 Å². The molecule has 0 bridgehead atoms. The van der Waals surface area contributed by atoms with Gasteiger partial charge in [-0.15, -0.1) is 0 Å². The Labute approximate surface area is 144 Å². The number of aliphatic imine (C=N–C) groups is 1. The maximum atomic E-state index is 6.04. The molecule has 1 aliphatic rings. The first-order valence-corrected chi connectivity index (χ1v) is 8.54. The van der Waals surface area contributed by atoms with Crippen LogP contribution in [0.15, 0.2) is 58.0 Å². The lowest BCUT2D eigenvalue weighted by Crippen LogP contribution is -2.37. The number of rotatable bonds is 4. The molecule has 0 aromatic heterocycles. The van der Waals surface area contributed by atoms with E-state index in [4.69, 9.17) is 10.5 Å². The number of hydrogen-bond donors (Lipinski definition) is 2. The van der Waals surface area contributed by atoms with Gasteiger partial charge < -0.3 is 15.8 Å². The fraction of sp³-hybridized carbons (Fsp3) is 0.278. The topological polar surface area (TPSA) is 59.6 Å². The summed E-state index contributed by atoms with van der Waals surface area (Å²) in [6.07, 6.45) is 1.76. The van der Waals surface area contributed by atoms with Gasteiger partial charge in [-0.25, -0.2) is 0 Å². The van der Waals surface area contributed by atoms with Gasteiger partial charge in [-0.2, -0.15) is 0 Å². The zero-order chi connectivity index (χ0) is 16.1. The van der Waals surface area contributed by atoms with Crippen molar-refractivity contribution in [3.05, 3.63) is 64.1 Å². The Bertz CT molecular complexity index is 685. The number of para-hydroxylation sites is 1. The van der Waals surface area contributed by atoms with Crippen LogP contribution in [0.1, 0.15) is 23.6 Å². The molecule has 1 atom stereocenters. The highest BCUT2D eigenvalue weighted by Crippen LogP contribution is 2.31. The largest absolute Gasteiger partial charge is 0.493 e. The van der Waals surface area contributed by atoms with Crippen molar-refractivity contribution in [2.24, 2.45) is 10.7 Å². The predicted molar refractivity (Wildman–Crippen MR) is 96.8 cm³/mol. The van der Waals surface area contributed by atoms with Crippen LogP contribution < -0.4 is 15.8 Å². The normalized spacial score (nSPS) is 17.3. The summed E-state index contributed by atoms with van der Waals surface area (Å²) >= 11 is 3.44. The zero-order valence-electron chi connectivity index (χ0n) is 12.8. The average Bonchev–Trinajstić information content (AvgIpc) is 2.57. The van der Waals surface area contributed by atoms with Crippen molar-refractivity contribution >= 4 is 21.9 Å². The van der Waals surface area contributed by atoms with Crippen molar-refractivity contribution < 1.29 is 4.74 Å². The fourth-order valence-corrected chi connectivity index (χ4v) is 2.94. The number of halogens is 1. The second kappa shape index (κ2) is 7.51. The third-order valence-corrected chi connectivity index (χ3v) is 4.41. The summed E-state index contributed by atoms with van der Waals surface area (Å²) in [7, 11) is 0. The number of nitrogens with two attached hydrogens (primary N) is 1. The SMILES string of the molecule is NC(=NCCc1ccc(Br)cc1)NC1CCOc2ccccc21. The molecule has 3 N–H and O–H groups in total. The van der Waals surface area contributed by atoms with E-state index >= 15 is 0 Å². The minimum absolute atomic E-state index is 0.163. The van der Waals surface area contributed by atoms with E-state index in [1.165, 1.54) is 5.56 Å². The van der Waals surface area contributed by atoms with Crippen LogP contribution in [0.2, 0.25) is 0 Å². The summed E-state index contributed by atoms with van der Waals surface area (Å²) in [5.41, 5.74) is 8.43. The molecular weight excluding hydrogens is 354 g/mol. The molecule has 0 saturated heterocycles. The van der Waals surface area contributed by atoms with Gasteiger partial charge in [-0.1, -0.05) is 46.3 Å². The molecule has 1 unspecified atom stereocenters. The summed E-state index contributed by atoms with van der Waals surface area (Å²) in [6, 6.07) is 16.5. The first-order chi connectivity index (χ1) is 11.2. The molecule has 1 aliphatic heterocycles. The highest BCUT2D eigenvalue weighted by molar-refractivity contribution is 9.10. The molecule has 0 radical (unpaired) electrons. The van der Waals surface area contributed by atoms with Crippen LogP contribution in [-0.4, -0.2) is 19.1 Å². The van der Waals surface area contributed by atoms with E-state index in [1.807, 2.05) is 30.3 Å². The van der Waals surface area contributed by atoms with Gasteiger partial charge in [0.25, 0.3) is 0 Å². The molecule has 2 aromatic rings. The molecular formula is C18H20BrN3O. The lowest BCUT2D eigenvalue weighted by Gasteiger charge is -2.26. The van der Waals surface area contributed by atoms with Crippen LogP contribution in [0, 0.1) is 0 Å². The van der Waals surface area contributed by atoms with E-state index in [-0.39, 0.29) is 6.04 Å². The Balaban J connectivity index is 1.57. The van der Waals surface area contributed by atoms with Crippen LogP contribution in [0.3, 0.4) is 0 Å². The Morgan fingerprint density at radius 2 is 2.00 bits per heavy atom. The monoisotopic (exact) mass is 373 g/mol. The van der Waals surface area contributed by atoms with Gasteiger partial charge in [-0.05, 0) is 30.2 Å². The third kappa shape index (κ3) is 4.26. The third-order valence-electron chi connectivity index (χ3n) is 3.88. The van der Waals surface area contributed by atoms with Gasteiger partial charge in [0.1, 0.15) is 5.75 Å². The minimum Gasteiger partial charge on any atom is -0.493 e. The summed E-state index contributed by atoms with van der Waals surface area (Å²) in [5, 5.41) is 3.31. The number of fused-ring (bicyclic) bond motifs is 1. The minimum atomic E-state index is 0.163. The van der Waals surface area contributed by atoms with Gasteiger partial charge in [0.05, 0.1) is 12.6 Å². The Hall–Kier alpha value is -2.01. The molecule has 4 nitrogen and oxygen atoms in total. The highest BCUT2D eigenvalue weighted by atomic mass is 79.9. The first kappa shape index (κ1) is 15.9. The van der Waals surface area contributed by atoms with E-state index in [9.17, 15) is 0 Å². The highest BCUT2D eigenvalue weighted by Gasteiger charge is 2.21. The van der Waals surface area contributed by atoms with E-state index < -0.39 is 0 Å². The van der Waals surface area contributed by atoms with E-state index in [2.05, 4.69) is 44.4 Å². The Morgan fingerprint density at radius 3 is 2.83 bits per heavy atom. The van der Waals surface area contributed by atoms with Crippen molar-refractivity contribution in [1.29, 1.82) is 0 Å². The number of guanidine groups is 1. The summed E-state index contributed by atoms with van der Waals surface area (Å²) in [4.78, 5) is 4.44. The number of nitrogens with zero attached hydrogens (tertiary/aromatic N) is 1. The van der Waals surface area contributed by atoms with E-state index in [0.717, 1.165) is 28.6 Å². The van der Waals surface area contributed by atoms with Crippen LogP contribution >= 0.6 is 15.9 Å². The first-order valence-electron chi connectivity index (χ1n) is 7.75. The maximum Gasteiger partial charge on any atom is 0.189 e. The summed E-state index contributed by atoms with van der Waals surface area (Å²) in [6.45, 7) is 1.37. The quantitative estimate of drug-likeness (QED) is 0.637.